The van der Waals surface area contributed by atoms with E-state index in [9.17, 15) is 19.8 Å². The van der Waals surface area contributed by atoms with Crippen molar-refractivity contribution in [2.24, 2.45) is 5.92 Å². The van der Waals surface area contributed by atoms with Crippen molar-refractivity contribution in [1.82, 2.24) is 0 Å². The fourth-order valence-corrected chi connectivity index (χ4v) is 3.15. The standard InChI is InChI=1S/C21H21NO4/c1-12(2)19(24)17-18(14-5-4-6-16(23)11-14)22(21(26)20(17)25)15-9-7-13(3)8-10-15/h4-12,18,23,25H,1-3H3. The molecule has 2 aromatic carbocycles. The molecule has 1 aliphatic rings. The third-order valence-corrected chi connectivity index (χ3v) is 4.50. The number of nitrogens with zero attached hydrogens (tertiary/aromatic N) is 1. The molecule has 0 spiro atoms. The highest BCUT2D eigenvalue weighted by atomic mass is 16.3. The van der Waals surface area contributed by atoms with Crippen LogP contribution in [0.1, 0.15) is 31.0 Å². The van der Waals surface area contributed by atoms with Crippen LogP contribution < -0.4 is 4.90 Å². The molecule has 5 nitrogen and oxygen atoms in total. The van der Waals surface area contributed by atoms with Gasteiger partial charge in [-0.05, 0) is 36.8 Å². The first-order valence-electron chi connectivity index (χ1n) is 8.47. The van der Waals surface area contributed by atoms with Crippen molar-refractivity contribution < 1.29 is 19.8 Å². The van der Waals surface area contributed by atoms with Gasteiger partial charge in [-0.1, -0.05) is 43.7 Å². The van der Waals surface area contributed by atoms with E-state index < -0.39 is 17.7 Å². The minimum absolute atomic E-state index is 0.0292. The van der Waals surface area contributed by atoms with Gasteiger partial charge in [0.1, 0.15) is 5.75 Å². The molecule has 0 aliphatic carbocycles. The van der Waals surface area contributed by atoms with Crippen LogP contribution >= 0.6 is 0 Å². The van der Waals surface area contributed by atoms with Crippen molar-refractivity contribution in [2.75, 3.05) is 4.90 Å². The Morgan fingerprint density at radius 1 is 1.08 bits per heavy atom. The first kappa shape index (κ1) is 17.7. The van der Waals surface area contributed by atoms with E-state index in [2.05, 4.69) is 0 Å². The largest absolute Gasteiger partial charge is 0.508 e. The monoisotopic (exact) mass is 351 g/mol. The smallest absolute Gasteiger partial charge is 0.294 e. The topological polar surface area (TPSA) is 77.8 Å². The van der Waals surface area contributed by atoms with Gasteiger partial charge in [0, 0.05) is 11.6 Å². The van der Waals surface area contributed by atoms with E-state index >= 15 is 0 Å². The number of hydrogen-bond acceptors (Lipinski definition) is 4. The van der Waals surface area contributed by atoms with Gasteiger partial charge in [-0.3, -0.25) is 14.5 Å². The number of anilines is 1. The minimum Gasteiger partial charge on any atom is -0.508 e. The summed E-state index contributed by atoms with van der Waals surface area (Å²) < 4.78 is 0. The molecule has 1 unspecified atom stereocenters. The minimum atomic E-state index is -0.785. The van der Waals surface area contributed by atoms with Crippen molar-refractivity contribution in [1.29, 1.82) is 0 Å². The van der Waals surface area contributed by atoms with Gasteiger partial charge in [-0.25, -0.2) is 0 Å². The molecule has 1 aliphatic heterocycles. The lowest BCUT2D eigenvalue weighted by molar-refractivity contribution is -0.119. The molecule has 0 aromatic heterocycles. The molecule has 1 amide bonds. The Kier molecular flexibility index (Phi) is 4.55. The van der Waals surface area contributed by atoms with Gasteiger partial charge in [0.2, 0.25) is 0 Å². The second-order valence-corrected chi connectivity index (χ2v) is 6.79. The highest BCUT2D eigenvalue weighted by Gasteiger charge is 2.44. The second-order valence-electron chi connectivity index (χ2n) is 6.79. The maximum atomic E-state index is 12.8. The van der Waals surface area contributed by atoms with E-state index in [-0.39, 0.29) is 23.0 Å². The van der Waals surface area contributed by atoms with Crippen LogP contribution in [-0.2, 0) is 9.59 Å². The Morgan fingerprint density at radius 2 is 1.73 bits per heavy atom. The first-order valence-corrected chi connectivity index (χ1v) is 8.47. The predicted molar refractivity (Wildman–Crippen MR) is 99.0 cm³/mol. The number of carbonyl (C=O) groups excluding carboxylic acids is 2. The van der Waals surface area contributed by atoms with Crippen LogP contribution in [0.5, 0.6) is 5.75 Å². The summed E-state index contributed by atoms with van der Waals surface area (Å²) in [5.74, 6) is -1.79. The van der Waals surface area contributed by atoms with Crippen LogP contribution in [0.4, 0.5) is 5.69 Å². The summed E-state index contributed by atoms with van der Waals surface area (Å²) in [4.78, 5) is 26.9. The van der Waals surface area contributed by atoms with Crippen LogP contribution in [-0.4, -0.2) is 21.9 Å². The number of phenolic OH excluding ortho intramolecular Hbond substituents is 1. The van der Waals surface area contributed by atoms with Crippen molar-refractivity contribution in [3.63, 3.8) is 0 Å². The molecule has 134 valence electrons. The highest BCUT2D eigenvalue weighted by molar-refractivity contribution is 6.16. The molecule has 5 heteroatoms. The van der Waals surface area contributed by atoms with Crippen molar-refractivity contribution >= 4 is 17.4 Å². The van der Waals surface area contributed by atoms with Crippen molar-refractivity contribution in [3.05, 3.63) is 71.0 Å². The van der Waals surface area contributed by atoms with Gasteiger partial charge in [-0.15, -0.1) is 0 Å². The SMILES string of the molecule is Cc1ccc(N2C(=O)C(O)=C(C(=O)C(C)C)C2c2cccc(O)c2)cc1. The summed E-state index contributed by atoms with van der Waals surface area (Å²) in [6.45, 7) is 5.38. The zero-order valence-corrected chi connectivity index (χ0v) is 14.9. The summed E-state index contributed by atoms with van der Waals surface area (Å²) in [7, 11) is 0. The Morgan fingerprint density at radius 3 is 2.31 bits per heavy atom. The number of aryl methyl sites for hydroxylation is 1. The maximum Gasteiger partial charge on any atom is 0.294 e. The fourth-order valence-electron chi connectivity index (χ4n) is 3.15. The third-order valence-electron chi connectivity index (χ3n) is 4.50. The third kappa shape index (κ3) is 2.96. The zero-order chi connectivity index (χ0) is 19.0. The quantitative estimate of drug-likeness (QED) is 0.878. The molecule has 2 aromatic rings. The van der Waals surface area contributed by atoms with Gasteiger partial charge in [-0.2, -0.15) is 0 Å². The summed E-state index contributed by atoms with van der Waals surface area (Å²) >= 11 is 0. The molecular formula is C21H21NO4. The van der Waals surface area contributed by atoms with E-state index in [1.54, 1.807) is 38.1 Å². The maximum absolute atomic E-state index is 12.8. The van der Waals surface area contributed by atoms with Crippen LogP contribution in [0.25, 0.3) is 0 Å². The predicted octanol–water partition coefficient (Wildman–Crippen LogP) is 3.83. The number of hydrogen-bond donors (Lipinski definition) is 2. The molecule has 2 N–H and O–H groups in total. The fraction of sp³-hybridized carbons (Fsp3) is 0.238. The average Bonchev–Trinajstić information content (AvgIpc) is 2.86. The van der Waals surface area contributed by atoms with Crippen LogP contribution in [0.3, 0.4) is 0 Å². The summed E-state index contributed by atoms with van der Waals surface area (Å²) in [5.41, 5.74) is 2.24. The van der Waals surface area contributed by atoms with E-state index in [0.717, 1.165) is 5.56 Å². The van der Waals surface area contributed by atoms with Crippen molar-refractivity contribution in [3.8, 4) is 5.75 Å². The van der Waals surface area contributed by atoms with Crippen molar-refractivity contribution in [2.45, 2.75) is 26.8 Å². The average molecular weight is 351 g/mol. The lowest BCUT2D eigenvalue weighted by Gasteiger charge is -2.27. The number of benzene rings is 2. The number of aromatic hydroxyl groups is 1. The van der Waals surface area contributed by atoms with Gasteiger partial charge in [0.25, 0.3) is 5.91 Å². The van der Waals surface area contributed by atoms with Gasteiger partial charge < -0.3 is 10.2 Å². The number of Topliss-reactive ketones (excluding diaryl/α,β-unsaturated/α-hetero) is 1. The van der Waals surface area contributed by atoms with E-state index in [4.69, 9.17) is 0 Å². The number of carbonyl (C=O) groups is 2. The number of aliphatic hydroxyl groups excluding tert-OH is 1. The molecule has 26 heavy (non-hydrogen) atoms. The Hall–Kier alpha value is -3.08. The molecule has 0 radical (unpaired) electrons. The summed E-state index contributed by atoms with van der Waals surface area (Å²) in [5, 5.41) is 20.3. The summed E-state index contributed by atoms with van der Waals surface area (Å²) in [6, 6.07) is 12.9. The number of aliphatic hydroxyl groups is 1. The molecule has 0 bridgehead atoms. The molecule has 0 saturated carbocycles. The Labute approximate surface area is 152 Å². The zero-order valence-electron chi connectivity index (χ0n) is 14.9. The number of rotatable bonds is 4. The van der Waals surface area contributed by atoms with Gasteiger partial charge in [0.05, 0.1) is 11.6 Å². The normalized spacial score (nSPS) is 17.3. The van der Waals surface area contributed by atoms with E-state index in [0.29, 0.717) is 11.3 Å². The van der Waals surface area contributed by atoms with Crippen LogP contribution in [0, 0.1) is 12.8 Å². The lowest BCUT2D eigenvalue weighted by atomic mass is 9.91. The molecule has 0 fully saturated rings. The number of amides is 1. The van der Waals surface area contributed by atoms with E-state index in [1.165, 1.54) is 17.0 Å². The lowest BCUT2D eigenvalue weighted by Crippen LogP contribution is -2.31. The molecule has 1 atom stereocenters. The Balaban J connectivity index is 2.19. The van der Waals surface area contributed by atoms with Gasteiger partial charge >= 0.3 is 0 Å². The molecule has 3 rings (SSSR count). The molecule has 0 saturated heterocycles. The molecule has 1 heterocycles. The Bertz CT molecular complexity index is 896. The summed E-state index contributed by atoms with van der Waals surface area (Å²) in [6.07, 6.45) is 0. The van der Waals surface area contributed by atoms with Crippen LogP contribution in [0.2, 0.25) is 0 Å². The van der Waals surface area contributed by atoms with Crippen LogP contribution in [0.15, 0.2) is 59.9 Å². The highest BCUT2D eigenvalue weighted by Crippen LogP contribution is 2.42. The van der Waals surface area contributed by atoms with Gasteiger partial charge in [0.15, 0.2) is 11.5 Å². The first-order chi connectivity index (χ1) is 12.3. The molecular weight excluding hydrogens is 330 g/mol. The number of phenols is 1. The second kappa shape index (κ2) is 6.67. The van der Waals surface area contributed by atoms with E-state index in [1.807, 2.05) is 19.1 Å². The number of ketones is 1.